The van der Waals surface area contributed by atoms with Gasteiger partial charge < -0.3 is 5.32 Å². The van der Waals surface area contributed by atoms with Gasteiger partial charge in [0.2, 0.25) is 0 Å². The minimum atomic E-state index is 0.498. The maximum atomic E-state index is 3.91. The highest BCUT2D eigenvalue weighted by atomic mass is 15.2. The SMILES string of the molecule is C=CC(C)N1CC(C(C)C)NCC1CC. The van der Waals surface area contributed by atoms with Crippen LogP contribution in [0, 0.1) is 5.92 Å². The predicted octanol–water partition coefficient (Wildman–Crippen LogP) is 2.27. The average Bonchev–Trinajstić information content (AvgIpc) is 2.27. The summed E-state index contributed by atoms with van der Waals surface area (Å²) in [6.45, 7) is 15.3. The Morgan fingerprint density at radius 2 is 2.13 bits per heavy atom. The maximum Gasteiger partial charge on any atom is 0.0251 e. The van der Waals surface area contributed by atoms with Gasteiger partial charge in [0.25, 0.3) is 0 Å². The van der Waals surface area contributed by atoms with E-state index in [1.807, 2.05) is 0 Å². The van der Waals surface area contributed by atoms with E-state index in [0.29, 0.717) is 24.0 Å². The molecular formula is C13H26N2. The van der Waals surface area contributed by atoms with Gasteiger partial charge in [-0.05, 0) is 19.3 Å². The smallest absolute Gasteiger partial charge is 0.0251 e. The van der Waals surface area contributed by atoms with E-state index in [-0.39, 0.29) is 0 Å². The van der Waals surface area contributed by atoms with Crippen molar-refractivity contribution in [2.45, 2.75) is 52.2 Å². The van der Waals surface area contributed by atoms with E-state index in [1.165, 1.54) is 6.42 Å². The fourth-order valence-corrected chi connectivity index (χ4v) is 2.30. The molecule has 3 atom stereocenters. The van der Waals surface area contributed by atoms with E-state index in [4.69, 9.17) is 0 Å². The number of nitrogens with zero attached hydrogens (tertiary/aromatic N) is 1. The summed E-state index contributed by atoms with van der Waals surface area (Å²) in [6, 6.07) is 1.81. The van der Waals surface area contributed by atoms with Gasteiger partial charge in [0.05, 0.1) is 0 Å². The first kappa shape index (κ1) is 12.7. The van der Waals surface area contributed by atoms with Crippen LogP contribution in [0.4, 0.5) is 0 Å². The summed E-state index contributed by atoms with van der Waals surface area (Å²) in [6.07, 6.45) is 3.28. The van der Waals surface area contributed by atoms with Crippen LogP contribution in [0.3, 0.4) is 0 Å². The van der Waals surface area contributed by atoms with Crippen molar-refractivity contribution < 1.29 is 0 Å². The Labute approximate surface area is 94.7 Å². The topological polar surface area (TPSA) is 15.3 Å². The summed E-state index contributed by atoms with van der Waals surface area (Å²) in [4.78, 5) is 2.59. The lowest BCUT2D eigenvalue weighted by atomic mass is 9.97. The molecule has 1 heterocycles. The molecule has 3 unspecified atom stereocenters. The van der Waals surface area contributed by atoms with Crippen molar-refractivity contribution >= 4 is 0 Å². The molecule has 88 valence electrons. The molecule has 0 bridgehead atoms. The molecule has 2 heteroatoms. The Morgan fingerprint density at radius 1 is 1.47 bits per heavy atom. The largest absolute Gasteiger partial charge is 0.311 e. The highest BCUT2D eigenvalue weighted by molar-refractivity contribution is 4.94. The molecule has 1 aliphatic rings. The molecule has 0 radical (unpaired) electrons. The molecule has 0 aliphatic carbocycles. The van der Waals surface area contributed by atoms with Crippen molar-refractivity contribution in [2.24, 2.45) is 5.92 Å². The van der Waals surface area contributed by atoms with Crippen molar-refractivity contribution in [2.75, 3.05) is 13.1 Å². The summed E-state index contributed by atoms with van der Waals surface area (Å²) in [5.74, 6) is 0.710. The molecule has 0 aromatic heterocycles. The second kappa shape index (κ2) is 5.66. The second-order valence-electron chi connectivity index (χ2n) is 4.99. The standard InChI is InChI=1S/C13H26N2/c1-6-11(5)15-9-13(10(3)4)14-8-12(15)7-2/h6,10-14H,1,7-9H2,2-5H3. The van der Waals surface area contributed by atoms with E-state index >= 15 is 0 Å². The normalized spacial score (nSPS) is 30.5. The van der Waals surface area contributed by atoms with Gasteiger partial charge in [0.15, 0.2) is 0 Å². The van der Waals surface area contributed by atoms with Gasteiger partial charge in [-0.2, -0.15) is 0 Å². The van der Waals surface area contributed by atoms with Crippen LogP contribution in [-0.4, -0.2) is 36.1 Å². The molecule has 1 saturated heterocycles. The predicted molar refractivity (Wildman–Crippen MR) is 67.1 cm³/mol. The zero-order valence-corrected chi connectivity index (χ0v) is 10.7. The van der Waals surface area contributed by atoms with E-state index in [2.05, 4.69) is 50.6 Å². The Bertz CT molecular complexity index is 201. The van der Waals surface area contributed by atoms with Crippen molar-refractivity contribution in [3.05, 3.63) is 12.7 Å². The monoisotopic (exact) mass is 210 g/mol. The van der Waals surface area contributed by atoms with Crippen LogP contribution < -0.4 is 5.32 Å². The number of hydrogen-bond donors (Lipinski definition) is 1. The molecule has 0 spiro atoms. The molecule has 1 N–H and O–H groups in total. The molecule has 1 aliphatic heterocycles. The molecule has 2 nitrogen and oxygen atoms in total. The minimum absolute atomic E-state index is 0.498. The maximum absolute atomic E-state index is 3.91. The Morgan fingerprint density at radius 3 is 2.60 bits per heavy atom. The lowest BCUT2D eigenvalue weighted by Gasteiger charge is -2.44. The number of nitrogens with one attached hydrogen (secondary N) is 1. The van der Waals surface area contributed by atoms with Crippen LogP contribution in [0.1, 0.15) is 34.1 Å². The first-order valence-corrected chi connectivity index (χ1v) is 6.21. The highest BCUT2D eigenvalue weighted by Crippen LogP contribution is 2.17. The van der Waals surface area contributed by atoms with Gasteiger partial charge in [0.1, 0.15) is 0 Å². The molecule has 0 amide bonds. The van der Waals surface area contributed by atoms with Gasteiger partial charge in [0, 0.05) is 31.2 Å². The highest BCUT2D eigenvalue weighted by Gasteiger charge is 2.29. The van der Waals surface area contributed by atoms with Crippen LogP contribution in [0.2, 0.25) is 0 Å². The third kappa shape index (κ3) is 3.05. The fourth-order valence-electron chi connectivity index (χ4n) is 2.30. The van der Waals surface area contributed by atoms with Gasteiger partial charge in [-0.15, -0.1) is 6.58 Å². The van der Waals surface area contributed by atoms with Gasteiger partial charge in [-0.1, -0.05) is 26.8 Å². The summed E-state index contributed by atoms with van der Waals surface area (Å²) < 4.78 is 0. The summed E-state index contributed by atoms with van der Waals surface area (Å²) in [5, 5.41) is 3.65. The van der Waals surface area contributed by atoms with E-state index < -0.39 is 0 Å². The van der Waals surface area contributed by atoms with Crippen LogP contribution in [-0.2, 0) is 0 Å². The molecule has 0 aromatic rings. The third-order valence-corrected chi connectivity index (χ3v) is 3.63. The quantitative estimate of drug-likeness (QED) is 0.716. The number of piperazine rings is 1. The minimum Gasteiger partial charge on any atom is -0.311 e. The first-order valence-electron chi connectivity index (χ1n) is 6.21. The molecule has 0 aromatic carbocycles. The van der Waals surface area contributed by atoms with Gasteiger partial charge in [-0.25, -0.2) is 0 Å². The number of rotatable bonds is 4. The number of hydrogen-bond acceptors (Lipinski definition) is 2. The Balaban J connectivity index is 2.64. The molecule has 1 rings (SSSR count). The first-order chi connectivity index (χ1) is 7.10. The fraction of sp³-hybridized carbons (Fsp3) is 0.846. The summed E-state index contributed by atoms with van der Waals surface area (Å²) >= 11 is 0. The Hall–Kier alpha value is -0.340. The lowest BCUT2D eigenvalue weighted by molar-refractivity contribution is 0.0913. The van der Waals surface area contributed by atoms with Gasteiger partial charge >= 0.3 is 0 Å². The zero-order valence-electron chi connectivity index (χ0n) is 10.7. The average molecular weight is 210 g/mol. The van der Waals surface area contributed by atoms with E-state index in [9.17, 15) is 0 Å². The van der Waals surface area contributed by atoms with Crippen LogP contribution >= 0.6 is 0 Å². The second-order valence-corrected chi connectivity index (χ2v) is 4.99. The zero-order chi connectivity index (χ0) is 11.4. The van der Waals surface area contributed by atoms with E-state index in [1.54, 1.807) is 0 Å². The lowest BCUT2D eigenvalue weighted by Crippen LogP contribution is -2.59. The third-order valence-electron chi connectivity index (χ3n) is 3.63. The van der Waals surface area contributed by atoms with Gasteiger partial charge in [-0.3, -0.25) is 4.90 Å². The van der Waals surface area contributed by atoms with Crippen molar-refractivity contribution in [3.63, 3.8) is 0 Å². The van der Waals surface area contributed by atoms with Crippen LogP contribution in [0.5, 0.6) is 0 Å². The van der Waals surface area contributed by atoms with Crippen molar-refractivity contribution in [1.82, 2.24) is 10.2 Å². The summed E-state index contributed by atoms with van der Waals surface area (Å²) in [7, 11) is 0. The molecule has 0 saturated carbocycles. The van der Waals surface area contributed by atoms with Crippen LogP contribution in [0.25, 0.3) is 0 Å². The molecule has 1 fully saturated rings. The van der Waals surface area contributed by atoms with Crippen molar-refractivity contribution in [1.29, 1.82) is 0 Å². The molecular weight excluding hydrogens is 184 g/mol. The van der Waals surface area contributed by atoms with Crippen LogP contribution in [0.15, 0.2) is 12.7 Å². The van der Waals surface area contributed by atoms with E-state index in [0.717, 1.165) is 13.1 Å². The summed E-state index contributed by atoms with van der Waals surface area (Å²) in [5.41, 5.74) is 0. The Kier molecular flexibility index (Phi) is 4.81. The van der Waals surface area contributed by atoms with Crippen molar-refractivity contribution in [3.8, 4) is 0 Å². The molecule has 15 heavy (non-hydrogen) atoms.